The van der Waals surface area contributed by atoms with Gasteiger partial charge in [-0.05, 0) is 24.3 Å². The molecule has 1 fully saturated rings. The first kappa shape index (κ1) is 21.2. The Morgan fingerprint density at radius 3 is 2.69 bits per heavy atom. The summed E-state index contributed by atoms with van der Waals surface area (Å²) < 4.78 is 16.6. The summed E-state index contributed by atoms with van der Waals surface area (Å²) in [6.45, 7) is 1.16. The fraction of sp³-hybridized carbons (Fsp3) is 0.292. The Morgan fingerprint density at radius 2 is 1.97 bits per heavy atom. The largest absolute Gasteiger partial charge is 0.493 e. The number of carbonyl (C=O) groups excluding carboxylic acids is 1. The van der Waals surface area contributed by atoms with Crippen LogP contribution in [0.15, 0.2) is 42.7 Å². The number of hydrogen-bond donors (Lipinski definition) is 1. The van der Waals surface area contributed by atoms with Crippen molar-refractivity contribution >= 4 is 28.5 Å². The van der Waals surface area contributed by atoms with Crippen LogP contribution in [0.5, 0.6) is 11.5 Å². The lowest BCUT2D eigenvalue weighted by Crippen LogP contribution is -2.41. The Kier molecular flexibility index (Phi) is 6.26. The van der Waals surface area contributed by atoms with Gasteiger partial charge in [-0.3, -0.25) is 0 Å². The van der Waals surface area contributed by atoms with Gasteiger partial charge < -0.3 is 24.4 Å². The van der Waals surface area contributed by atoms with Crippen molar-refractivity contribution in [3.63, 3.8) is 0 Å². The number of likely N-dealkylation sites (tertiary alicyclic amines) is 1. The van der Waals surface area contributed by atoms with Crippen LogP contribution < -0.4 is 14.8 Å². The number of nitrogens with zero attached hydrogens (tertiary/aromatic N) is 3. The molecular weight excluding hydrogens is 408 g/mol. The van der Waals surface area contributed by atoms with Gasteiger partial charge in [-0.2, -0.15) is 0 Å². The second-order valence-electron chi connectivity index (χ2n) is 7.37. The van der Waals surface area contributed by atoms with Crippen LogP contribution in [0.2, 0.25) is 0 Å². The minimum Gasteiger partial charge on any atom is -0.493 e. The lowest BCUT2D eigenvalue weighted by atomic mass is 10.1. The molecule has 0 saturated carbocycles. The molecule has 1 aromatic heterocycles. The number of nitrogens with one attached hydrogen (secondary N) is 1. The topological polar surface area (TPSA) is 85.8 Å². The SMILES string of the molecule is C#Cc1cccc(Nc2ncnc3cc(OC)c(OC4CCN(C(=O)OC)CC4)cc23)c1. The maximum Gasteiger partial charge on any atom is 0.409 e. The molecule has 1 saturated heterocycles. The number of anilines is 2. The molecule has 0 bridgehead atoms. The lowest BCUT2D eigenvalue weighted by molar-refractivity contribution is 0.0779. The number of methoxy groups -OCH3 is 2. The molecular formula is C24H24N4O4. The minimum atomic E-state index is -0.312. The standard InChI is InChI=1S/C24H24N4O4/c1-4-16-6-5-7-17(12-16)27-23-19-13-22(21(30-2)14-20(19)25-15-26-23)32-18-8-10-28(11-9-18)24(29)31-3/h1,5-7,12-15,18H,8-11H2,2-3H3,(H,25,26,27). The number of hydrogen-bond acceptors (Lipinski definition) is 7. The van der Waals surface area contributed by atoms with Crippen LogP contribution in [0.25, 0.3) is 10.9 Å². The first-order valence-corrected chi connectivity index (χ1v) is 10.3. The highest BCUT2D eigenvalue weighted by Crippen LogP contribution is 2.36. The van der Waals surface area contributed by atoms with E-state index in [0.717, 1.165) is 22.2 Å². The molecule has 2 heterocycles. The van der Waals surface area contributed by atoms with Gasteiger partial charge in [0.1, 0.15) is 18.2 Å². The third kappa shape index (κ3) is 4.52. The number of terminal acetylenes is 1. The molecule has 1 aliphatic rings. The van der Waals surface area contributed by atoms with Crippen molar-refractivity contribution < 1.29 is 19.0 Å². The molecule has 32 heavy (non-hydrogen) atoms. The average molecular weight is 432 g/mol. The van der Waals surface area contributed by atoms with Gasteiger partial charge in [0.2, 0.25) is 0 Å². The molecule has 1 N–H and O–H groups in total. The zero-order valence-corrected chi connectivity index (χ0v) is 18.0. The van der Waals surface area contributed by atoms with Crippen LogP contribution in [0, 0.1) is 12.3 Å². The Balaban J connectivity index is 1.60. The number of fused-ring (bicyclic) bond motifs is 1. The summed E-state index contributed by atoms with van der Waals surface area (Å²) in [7, 11) is 2.99. The number of aromatic nitrogens is 2. The molecule has 0 aliphatic carbocycles. The first-order valence-electron chi connectivity index (χ1n) is 10.3. The number of piperidine rings is 1. The average Bonchev–Trinajstić information content (AvgIpc) is 2.84. The molecule has 8 heteroatoms. The second-order valence-corrected chi connectivity index (χ2v) is 7.37. The van der Waals surface area contributed by atoms with Crippen molar-refractivity contribution in [2.45, 2.75) is 18.9 Å². The maximum absolute atomic E-state index is 11.7. The van der Waals surface area contributed by atoms with Crippen molar-refractivity contribution in [2.75, 3.05) is 32.6 Å². The number of ether oxygens (including phenoxy) is 3. The Bertz CT molecular complexity index is 1170. The van der Waals surface area contributed by atoms with Crippen molar-refractivity contribution in [3.8, 4) is 23.8 Å². The molecule has 8 nitrogen and oxygen atoms in total. The van der Waals surface area contributed by atoms with E-state index in [1.54, 1.807) is 12.0 Å². The van der Waals surface area contributed by atoms with Crippen LogP contribution in [-0.4, -0.2) is 54.4 Å². The highest BCUT2D eigenvalue weighted by molar-refractivity contribution is 5.93. The summed E-state index contributed by atoms with van der Waals surface area (Å²) in [4.78, 5) is 22.2. The monoisotopic (exact) mass is 432 g/mol. The van der Waals surface area contributed by atoms with Crippen molar-refractivity contribution in [3.05, 3.63) is 48.3 Å². The summed E-state index contributed by atoms with van der Waals surface area (Å²) in [6.07, 6.45) is 8.05. The van der Waals surface area contributed by atoms with E-state index in [2.05, 4.69) is 21.2 Å². The van der Waals surface area contributed by atoms with E-state index in [1.807, 2.05) is 36.4 Å². The number of carbonyl (C=O) groups is 1. The van der Waals surface area contributed by atoms with Crippen molar-refractivity contribution in [1.82, 2.24) is 14.9 Å². The molecule has 0 atom stereocenters. The predicted molar refractivity (Wildman–Crippen MR) is 121 cm³/mol. The summed E-state index contributed by atoms with van der Waals surface area (Å²) in [6, 6.07) is 11.3. The Hall–Kier alpha value is -3.99. The highest BCUT2D eigenvalue weighted by atomic mass is 16.5. The third-order valence-electron chi connectivity index (χ3n) is 5.38. The third-order valence-corrected chi connectivity index (χ3v) is 5.38. The van der Waals surface area contributed by atoms with E-state index in [1.165, 1.54) is 13.4 Å². The maximum atomic E-state index is 11.7. The number of benzene rings is 2. The highest BCUT2D eigenvalue weighted by Gasteiger charge is 2.25. The number of rotatable bonds is 5. The predicted octanol–water partition coefficient (Wildman–Crippen LogP) is 3.97. The van der Waals surface area contributed by atoms with Crippen molar-refractivity contribution in [2.24, 2.45) is 0 Å². The zero-order valence-electron chi connectivity index (χ0n) is 18.0. The second kappa shape index (κ2) is 9.43. The summed E-state index contributed by atoms with van der Waals surface area (Å²) >= 11 is 0. The quantitative estimate of drug-likeness (QED) is 0.611. The fourth-order valence-electron chi connectivity index (χ4n) is 3.70. The van der Waals surface area contributed by atoms with Gasteiger partial charge in [-0.1, -0.05) is 12.0 Å². The molecule has 0 unspecified atom stereocenters. The first-order chi connectivity index (χ1) is 15.6. The van der Waals surface area contributed by atoms with Gasteiger partial charge >= 0.3 is 6.09 Å². The van der Waals surface area contributed by atoms with E-state index in [0.29, 0.717) is 43.2 Å². The Morgan fingerprint density at radius 1 is 1.16 bits per heavy atom. The van der Waals surface area contributed by atoms with Crippen LogP contribution in [0.3, 0.4) is 0 Å². The van der Waals surface area contributed by atoms with Crippen molar-refractivity contribution in [1.29, 1.82) is 0 Å². The zero-order chi connectivity index (χ0) is 22.5. The molecule has 0 radical (unpaired) electrons. The van der Waals surface area contributed by atoms with Gasteiger partial charge in [0.25, 0.3) is 0 Å². The molecule has 164 valence electrons. The van der Waals surface area contributed by atoms with Crippen LogP contribution in [0.4, 0.5) is 16.3 Å². The van der Waals surface area contributed by atoms with E-state index < -0.39 is 0 Å². The van der Waals surface area contributed by atoms with E-state index in [-0.39, 0.29) is 12.2 Å². The van der Waals surface area contributed by atoms with E-state index >= 15 is 0 Å². The lowest BCUT2D eigenvalue weighted by Gasteiger charge is -2.31. The van der Waals surface area contributed by atoms with Gasteiger partial charge in [0.15, 0.2) is 11.5 Å². The minimum absolute atomic E-state index is 0.0457. The summed E-state index contributed by atoms with van der Waals surface area (Å²) in [5, 5.41) is 4.11. The summed E-state index contributed by atoms with van der Waals surface area (Å²) in [5.41, 5.74) is 2.33. The van der Waals surface area contributed by atoms with Gasteiger partial charge in [0, 0.05) is 48.6 Å². The van der Waals surface area contributed by atoms with Crippen LogP contribution in [-0.2, 0) is 4.74 Å². The molecule has 1 amide bonds. The number of amides is 1. The van der Waals surface area contributed by atoms with E-state index in [4.69, 9.17) is 20.6 Å². The fourth-order valence-corrected chi connectivity index (χ4v) is 3.70. The molecule has 3 aromatic rings. The van der Waals surface area contributed by atoms with Crippen LogP contribution >= 0.6 is 0 Å². The van der Waals surface area contributed by atoms with Gasteiger partial charge in [-0.15, -0.1) is 6.42 Å². The van der Waals surface area contributed by atoms with Gasteiger partial charge in [0.05, 0.1) is 19.7 Å². The molecule has 1 aliphatic heterocycles. The molecule has 0 spiro atoms. The van der Waals surface area contributed by atoms with E-state index in [9.17, 15) is 4.79 Å². The smallest absolute Gasteiger partial charge is 0.409 e. The molecule has 4 rings (SSSR count). The van der Waals surface area contributed by atoms with Gasteiger partial charge in [-0.25, -0.2) is 14.8 Å². The Labute approximate surface area is 186 Å². The summed E-state index contributed by atoms with van der Waals surface area (Å²) in [5.74, 6) is 4.46. The molecule has 2 aromatic carbocycles. The normalized spacial score (nSPS) is 14.0. The van der Waals surface area contributed by atoms with Crippen LogP contribution in [0.1, 0.15) is 18.4 Å².